The van der Waals surface area contributed by atoms with Crippen LogP contribution in [-0.4, -0.2) is 62.5 Å². The van der Waals surface area contributed by atoms with Crippen molar-refractivity contribution in [2.24, 2.45) is 5.92 Å². The molecule has 2 aliphatic rings. The molecule has 1 amide bonds. The number of esters is 1. The van der Waals surface area contributed by atoms with Crippen molar-refractivity contribution in [1.82, 2.24) is 9.29 Å². The Kier molecular flexibility index (Phi) is 7.67. The Morgan fingerprint density at radius 2 is 1.95 bits per heavy atom. The first-order valence-electron chi connectivity index (χ1n) is 12.5. The van der Waals surface area contributed by atoms with Crippen LogP contribution < -0.4 is 5.32 Å². The van der Waals surface area contributed by atoms with Gasteiger partial charge in [-0.2, -0.15) is 4.31 Å². The summed E-state index contributed by atoms with van der Waals surface area (Å²) in [7, 11) is -3.78. The van der Waals surface area contributed by atoms with Crippen LogP contribution in [0, 0.1) is 5.92 Å². The quantitative estimate of drug-likeness (QED) is 0.458. The lowest BCUT2D eigenvalue weighted by molar-refractivity contribution is -0.119. The zero-order valence-corrected chi connectivity index (χ0v) is 22.5. The number of nitrogens with one attached hydrogen (secondary N) is 1. The molecule has 3 aromatic rings. The first kappa shape index (κ1) is 26.6. The van der Waals surface area contributed by atoms with Crippen LogP contribution in [0.25, 0.3) is 10.9 Å². The molecular weight excluding hydrogens is 530 g/mol. The van der Waals surface area contributed by atoms with Gasteiger partial charge in [-0.05, 0) is 55.0 Å². The number of carbonyl (C=O) groups is 2. The van der Waals surface area contributed by atoms with E-state index >= 15 is 0 Å². The van der Waals surface area contributed by atoms with Gasteiger partial charge in [0.15, 0.2) is 6.61 Å². The summed E-state index contributed by atoms with van der Waals surface area (Å²) in [5.41, 5.74) is 3.03. The van der Waals surface area contributed by atoms with Gasteiger partial charge >= 0.3 is 5.97 Å². The van der Waals surface area contributed by atoms with Crippen LogP contribution in [0.1, 0.15) is 35.0 Å². The Morgan fingerprint density at radius 3 is 2.74 bits per heavy atom. The Hall–Kier alpha value is -3.05. The van der Waals surface area contributed by atoms with Crippen molar-refractivity contribution in [3.8, 4) is 0 Å². The van der Waals surface area contributed by atoms with Gasteiger partial charge in [0.05, 0.1) is 39.9 Å². The van der Waals surface area contributed by atoms with Crippen molar-refractivity contribution >= 4 is 50.1 Å². The zero-order chi connectivity index (χ0) is 26.9. The molecule has 1 aliphatic carbocycles. The van der Waals surface area contributed by atoms with E-state index in [0.717, 1.165) is 24.1 Å². The Morgan fingerprint density at radius 1 is 1.18 bits per heavy atom. The molecule has 2 heterocycles. The number of aromatic nitrogens is 1. The van der Waals surface area contributed by atoms with Gasteiger partial charge in [-0.25, -0.2) is 13.2 Å². The molecule has 0 bridgehead atoms. The number of anilines is 1. The van der Waals surface area contributed by atoms with E-state index < -0.39 is 28.5 Å². The number of amides is 1. The SMILES string of the molecule is C[C@H]1CCc2nc3ccccc3c(C(=O)OCC(=O)Nc3cc(S(=O)(=O)N4CCOCC4)ccc3Cl)c2C1. The third-order valence-electron chi connectivity index (χ3n) is 6.86. The molecule has 1 saturated heterocycles. The largest absolute Gasteiger partial charge is 0.452 e. The predicted octanol–water partition coefficient (Wildman–Crippen LogP) is 3.83. The number of carbonyl (C=O) groups excluding carboxylic acids is 2. The van der Waals surface area contributed by atoms with Gasteiger partial charge in [0.1, 0.15) is 0 Å². The van der Waals surface area contributed by atoms with E-state index in [-0.39, 0.29) is 28.7 Å². The summed E-state index contributed by atoms with van der Waals surface area (Å²) in [6.45, 7) is 2.70. The number of halogens is 1. The average molecular weight is 558 g/mol. The molecular formula is C27H28ClN3O6S. The second-order valence-corrected chi connectivity index (χ2v) is 11.9. The second kappa shape index (κ2) is 11.0. The first-order chi connectivity index (χ1) is 18.2. The minimum Gasteiger partial charge on any atom is -0.452 e. The monoisotopic (exact) mass is 557 g/mol. The summed E-state index contributed by atoms with van der Waals surface area (Å²) in [5.74, 6) is -0.830. The van der Waals surface area contributed by atoms with Crippen LogP contribution in [0.4, 0.5) is 5.69 Å². The van der Waals surface area contributed by atoms with Crippen LogP contribution in [0.15, 0.2) is 47.4 Å². The van der Waals surface area contributed by atoms with Gasteiger partial charge in [0.25, 0.3) is 5.91 Å². The number of rotatable bonds is 6. The van der Waals surface area contributed by atoms with E-state index in [4.69, 9.17) is 26.1 Å². The molecule has 0 radical (unpaired) electrons. The minimum absolute atomic E-state index is 0.0000906. The van der Waals surface area contributed by atoms with Crippen molar-refractivity contribution in [2.45, 2.75) is 31.1 Å². The number of pyridine rings is 1. The number of morpholine rings is 1. The van der Waals surface area contributed by atoms with Crippen LogP contribution in [0.3, 0.4) is 0 Å². The molecule has 5 rings (SSSR count). The van der Waals surface area contributed by atoms with Crippen LogP contribution in [0.5, 0.6) is 0 Å². The maximum atomic E-state index is 13.3. The number of benzene rings is 2. The predicted molar refractivity (Wildman–Crippen MR) is 143 cm³/mol. The molecule has 11 heteroatoms. The fraction of sp³-hybridized carbons (Fsp3) is 0.370. The molecule has 9 nitrogen and oxygen atoms in total. The summed E-state index contributed by atoms with van der Waals surface area (Å²) in [6, 6.07) is 11.5. The summed E-state index contributed by atoms with van der Waals surface area (Å²) >= 11 is 6.24. The van der Waals surface area contributed by atoms with Gasteiger partial charge in [-0.3, -0.25) is 9.78 Å². The highest BCUT2D eigenvalue weighted by atomic mass is 35.5. The maximum Gasteiger partial charge on any atom is 0.339 e. The fourth-order valence-corrected chi connectivity index (χ4v) is 6.48. The van der Waals surface area contributed by atoms with Gasteiger partial charge < -0.3 is 14.8 Å². The van der Waals surface area contributed by atoms with Crippen LogP contribution >= 0.6 is 11.6 Å². The molecule has 200 valence electrons. The topological polar surface area (TPSA) is 115 Å². The van der Waals surface area contributed by atoms with Crippen molar-refractivity contribution < 1.29 is 27.5 Å². The number of hydrogen-bond donors (Lipinski definition) is 1. The van der Waals surface area contributed by atoms with E-state index in [9.17, 15) is 18.0 Å². The molecule has 0 saturated carbocycles. The molecule has 38 heavy (non-hydrogen) atoms. The van der Waals surface area contributed by atoms with Crippen molar-refractivity contribution in [3.05, 3.63) is 64.3 Å². The second-order valence-electron chi connectivity index (χ2n) is 9.56. The molecule has 1 aliphatic heterocycles. The highest BCUT2D eigenvalue weighted by molar-refractivity contribution is 7.89. The lowest BCUT2D eigenvalue weighted by Crippen LogP contribution is -2.40. The number of fused-ring (bicyclic) bond motifs is 2. The maximum absolute atomic E-state index is 13.3. The smallest absolute Gasteiger partial charge is 0.339 e. The summed E-state index contributed by atoms with van der Waals surface area (Å²) in [4.78, 5) is 30.8. The number of sulfonamides is 1. The number of para-hydroxylation sites is 1. The standard InChI is InChI=1S/C27H28ClN3O6S/c1-17-6-9-23-20(14-17)26(19-4-2-3-5-22(19)29-23)27(33)37-16-25(32)30-24-15-18(7-8-21(24)28)38(34,35)31-10-12-36-13-11-31/h2-5,7-8,15,17H,6,9-14,16H2,1H3,(H,30,32)/t17-/m0/s1. The van der Waals surface area contributed by atoms with Gasteiger partial charge in [-0.1, -0.05) is 36.7 Å². The number of aryl methyl sites for hydroxylation is 1. The lowest BCUT2D eigenvalue weighted by atomic mass is 9.84. The van der Waals surface area contributed by atoms with E-state index in [1.807, 2.05) is 24.3 Å². The van der Waals surface area contributed by atoms with E-state index in [2.05, 4.69) is 12.2 Å². The third-order valence-corrected chi connectivity index (χ3v) is 9.09. The fourth-order valence-electron chi connectivity index (χ4n) is 4.88. The zero-order valence-electron chi connectivity index (χ0n) is 20.9. The van der Waals surface area contributed by atoms with Crippen molar-refractivity contribution in [2.75, 3.05) is 38.2 Å². The van der Waals surface area contributed by atoms with Crippen molar-refractivity contribution in [3.63, 3.8) is 0 Å². The van der Waals surface area contributed by atoms with Crippen LogP contribution in [-0.2, 0) is 37.1 Å². The highest BCUT2D eigenvalue weighted by Crippen LogP contribution is 2.32. The Bertz CT molecular complexity index is 1500. The van der Waals surface area contributed by atoms with E-state index in [1.165, 1.54) is 22.5 Å². The minimum atomic E-state index is -3.78. The van der Waals surface area contributed by atoms with E-state index in [1.54, 1.807) is 0 Å². The number of ether oxygens (including phenoxy) is 2. The van der Waals surface area contributed by atoms with Crippen molar-refractivity contribution in [1.29, 1.82) is 0 Å². The molecule has 1 N–H and O–H groups in total. The normalized spacial score (nSPS) is 18.1. The lowest BCUT2D eigenvalue weighted by Gasteiger charge is -2.26. The molecule has 0 unspecified atom stereocenters. The molecule has 1 atom stereocenters. The number of nitrogens with zero attached hydrogens (tertiary/aromatic N) is 2. The van der Waals surface area contributed by atoms with Gasteiger partial charge in [0, 0.05) is 24.2 Å². The van der Waals surface area contributed by atoms with E-state index in [0.29, 0.717) is 42.0 Å². The summed E-state index contributed by atoms with van der Waals surface area (Å²) in [6.07, 6.45) is 2.49. The summed E-state index contributed by atoms with van der Waals surface area (Å²) in [5, 5.41) is 3.42. The van der Waals surface area contributed by atoms with Gasteiger partial charge in [-0.15, -0.1) is 0 Å². The highest BCUT2D eigenvalue weighted by Gasteiger charge is 2.28. The molecule has 0 spiro atoms. The van der Waals surface area contributed by atoms with Crippen LogP contribution in [0.2, 0.25) is 5.02 Å². The Balaban J connectivity index is 1.32. The number of hydrogen-bond acceptors (Lipinski definition) is 7. The molecule has 2 aromatic carbocycles. The molecule has 1 fully saturated rings. The average Bonchev–Trinajstić information content (AvgIpc) is 2.92. The Labute approximate surface area is 226 Å². The third kappa shape index (κ3) is 5.40. The summed E-state index contributed by atoms with van der Waals surface area (Å²) < 4.78 is 38.0. The van der Waals surface area contributed by atoms with Gasteiger partial charge in [0.2, 0.25) is 10.0 Å². The molecule has 1 aromatic heterocycles. The first-order valence-corrected chi connectivity index (χ1v) is 14.3.